The van der Waals surface area contributed by atoms with Crippen LogP contribution in [0.3, 0.4) is 0 Å². The van der Waals surface area contributed by atoms with E-state index >= 15 is 0 Å². The van der Waals surface area contributed by atoms with Crippen molar-refractivity contribution in [2.45, 2.75) is 31.7 Å². The van der Waals surface area contributed by atoms with Crippen molar-refractivity contribution < 1.29 is 22.4 Å². The van der Waals surface area contributed by atoms with Gasteiger partial charge in [0.25, 0.3) is 0 Å². The Labute approximate surface area is 124 Å². The van der Waals surface area contributed by atoms with Crippen LogP contribution in [-0.4, -0.2) is 44.9 Å². The standard InChI is InChI=1S/C13H20N2O5S/c1-7-5-15(6-10(7)14)21(17,18)12-9(3)20-8(2)11(12)13(16)19-4/h7,10H,5-6,14H2,1-4H3. The highest BCUT2D eigenvalue weighted by Gasteiger charge is 2.40. The van der Waals surface area contributed by atoms with E-state index in [1.54, 1.807) is 0 Å². The molecule has 2 N–H and O–H groups in total. The highest BCUT2D eigenvalue weighted by molar-refractivity contribution is 7.89. The summed E-state index contributed by atoms with van der Waals surface area (Å²) < 4.78 is 36.9. The summed E-state index contributed by atoms with van der Waals surface area (Å²) in [6.07, 6.45) is 0. The Kier molecular flexibility index (Phi) is 4.14. The Morgan fingerprint density at radius 2 is 1.95 bits per heavy atom. The second kappa shape index (κ2) is 5.43. The fraction of sp³-hybridized carbons (Fsp3) is 0.615. The van der Waals surface area contributed by atoms with Crippen molar-refractivity contribution in [3.8, 4) is 0 Å². The first-order valence-electron chi connectivity index (χ1n) is 6.64. The topological polar surface area (TPSA) is 103 Å². The molecule has 1 aromatic rings. The van der Waals surface area contributed by atoms with Gasteiger partial charge in [0.05, 0.1) is 7.11 Å². The second-order valence-electron chi connectivity index (χ2n) is 5.37. The first-order valence-corrected chi connectivity index (χ1v) is 8.08. The zero-order valence-corrected chi connectivity index (χ0v) is 13.4. The van der Waals surface area contributed by atoms with Crippen molar-refractivity contribution in [2.24, 2.45) is 11.7 Å². The number of furan rings is 1. The lowest BCUT2D eigenvalue weighted by Crippen LogP contribution is -2.33. The third kappa shape index (κ3) is 2.58. The lowest BCUT2D eigenvalue weighted by molar-refractivity contribution is 0.0594. The molecule has 0 bridgehead atoms. The van der Waals surface area contributed by atoms with Gasteiger partial charge in [0.2, 0.25) is 10.0 Å². The molecule has 1 aromatic heterocycles. The van der Waals surface area contributed by atoms with Crippen LogP contribution in [0.4, 0.5) is 0 Å². The van der Waals surface area contributed by atoms with Crippen molar-refractivity contribution in [1.82, 2.24) is 4.31 Å². The van der Waals surface area contributed by atoms with E-state index in [9.17, 15) is 13.2 Å². The molecule has 1 saturated heterocycles. The summed E-state index contributed by atoms with van der Waals surface area (Å²) in [6, 6.07) is -0.213. The molecule has 7 nitrogen and oxygen atoms in total. The largest absolute Gasteiger partial charge is 0.465 e. The molecule has 2 heterocycles. The van der Waals surface area contributed by atoms with Crippen LogP contribution in [0, 0.1) is 19.8 Å². The summed E-state index contributed by atoms with van der Waals surface area (Å²) in [5, 5.41) is 0. The van der Waals surface area contributed by atoms with Gasteiger partial charge in [-0.05, 0) is 19.8 Å². The molecule has 1 aliphatic rings. The molecule has 0 radical (unpaired) electrons. The lowest BCUT2D eigenvalue weighted by Gasteiger charge is -2.16. The van der Waals surface area contributed by atoms with Gasteiger partial charge < -0.3 is 14.9 Å². The average Bonchev–Trinajstić information content (AvgIpc) is 2.89. The molecule has 0 aromatic carbocycles. The smallest absolute Gasteiger partial charge is 0.342 e. The fourth-order valence-electron chi connectivity index (χ4n) is 2.58. The molecule has 21 heavy (non-hydrogen) atoms. The van der Waals surface area contributed by atoms with Crippen molar-refractivity contribution in [3.63, 3.8) is 0 Å². The number of aryl methyl sites for hydroxylation is 2. The summed E-state index contributed by atoms with van der Waals surface area (Å²) >= 11 is 0. The van der Waals surface area contributed by atoms with E-state index in [1.807, 2.05) is 6.92 Å². The number of carbonyl (C=O) groups excluding carboxylic acids is 1. The lowest BCUT2D eigenvalue weighted by atomic mass is 10.1. The van der Waals surface area contributed by atoms with Gasteiger partial charge in [-0.2, -0.15) is 4.31 Å². The van der Waals surface area contributed by atoms with Crippen LogP contribution in [0.15, 0.2) is 9.31 Å². The summed E-state index contributed by atoms with van der Waals surface area (Å²) in [4.78, 5) is 11.8. The molecule has 2 atom stereocenters. The third-order valence-electron chi connectivity index (χ3n) is 3.83. The normalized spacial score (nSPS) is 23.5. The first-order chi connectivity index (χ1) is 9.70. The molecular formula is C13H20N2O5S. The second-order valence-corrected chi connectivity index (χ2v) is 7.25. The Morgan fingerprint density at radius 3 is 2.43 bits per heavy atom. The quantitative estimate of drug-likeness (QED) is 0.821. The summed E-state index contributed by atoms with van der Waals surface area (Å²) in [6.45, 7) is 5.51. The number of hydrogen-bond donors (Lipinski definition) is 1. The minimum atomic E-state index is -3.84. The minimum absolute atomic E-state index is 0.0388. The minimum Gasteiger partial charge on any atom is -0.465 e. The molecule has 1 aliphatic heterocycles. The van der Waals surface area contributed by atoms with Gasteiger partial charge in [-0.3, -0.25) is 0 Å². The van der Waals surface area contributed by atoms with E-state index in [2.05, 4.69) is 4.74 Å². The van der Waals surface area contributed by atoms with Crippen LogP contribution in [-0.2, 0) is 14.8 Å². The van der Waals surface area contributed by atoms with Gasteiger partial charge in [0.1, 0.15) is 22.0 Å². The van der Waals surface area contributed by atoms with Crippen molar-refractivity contribution in [1.29, 1.82) is 0 Å². The Balaban J connectivity index is 2.53. The highest BCUT2D eigenvalue weighted by atomic mass is 32.2. The molecule has 2 rings (SSSR count). The number of ether oxygens (including phenoxy) is 1. The number of nitrogens with zero attached hydrogens (tertiary/aromatic N) is 1. The number of esters is 1. The van der Waals surface area contributed by atoms with E-state index in [0.29, 0.717) is 6.54 Å². The van der Waals surface area contributed by atoms with Gasteiger partial charge in [-0.15, -0.1) is 0 Å². The van der Waals surface area contributed by atoms with Gasteiger partial charge in [-0.25, -0.2) is 13.2 Å². The van der Waals surface area contributed by atoms with Crippen LogP contribution >= 0.6 is 0 Å². The molecule has 2 unspecified atom stereocenters. The van der Waals surface area contributed by atoms with E-state index < -0.39 is 16.0 Å². The monoisotopic (exact) mass is 316 g/mol. The molecule has 0 aliphatic carbocycles. The molecule has 0 saturated carbocycles. The molecule has 1 fully saturated rings. The van der Waals surface area contributed by atoms with E-state index in [4.69, 9.17) is 10.2 Å². The Bertz CT molecular complexity index is 654. The van der Waals surface area contributed by atoms with Crippen LogP contribution in [0.2, 0.25) is 0 Å². The predicted molar refractivity (Wildman–Crippen MR) is 75.4 cm³/mol. The van der Waals surface area contributed by atoms with Crippen LogP contribution < -0.4 is 5.73 Å². The average molecular weight is 316 g/mol. The maximum Gasteiger partial charge on any atom is 0.342 e. The number of methoxy groups -OCH3 is 1. The van der Waals surface area contributed by atoms with Gasteiger partial charge >= 0.3 is 5.97 Å². The molecule has 0 spiro atoms. The molecule has 8 heteroatoms. The third-order valence-corrected chi connectivity index (χ3v) is 5.81. The van der Waals surface area contributed by atoms with Crippen LogP contribution in [0.25, 0.3) is 0 Å². The van der Waals surface area contributed by atoms with Gasteiger partial charge in [-0.1, -0.05) is 6.92 Å². The van der Waals surface area contributed by atoms with E-state index in [-0.39, 0.29) is 40.5 Å². The molecular weight excluding hydrogens is 296 g/mol. The van der Waals surface area contributed by atoms with Crippen LogP contribution in [0.5, 0.6) is 0 Å². The summed E-state index contributed by atoms with van der Waals surface area (Å²) in [5.41, 5.74) is 5.85. The van der Waals surface area contributed by atoms with Crippen molar-refractivity contribution >= 4 is 16.0 Å². The Morgan fingerprint density at radius 1 is 1.33 bits per heavy atom. The Hall–Kier alpha value is -1.38. The SMILES string of the molecule is COC(=O)c1c(C)oc(C)c1S(=O)(=O)N1CC(C)C(N)C1. The number of nitrogens with two attached hydrogens (primary N) is 1. The number of sulfonamides is 1. The number of carbonyl (C=O) groups is 1. The summed E-state index contributed by atoms with van der Waals surface area (Å²) in [7, 11) is -2.64. The predicted octanol–water partition coefficient (Wildman–Crippen LogP) is 0.651. The van der Waals surface area contributed by atoms with Crippen molar-refractivity contribution in [2.75, 3.05) is 20.2 Å². The zero-order chi connectivity index (χ0) is 15.9. The number of hydrogen-bond acceptors (Lipinski definition) is 6. The fourth-order valence-corrected chi connectivity index (χ4v) is 4.53. The molecule has 118 valence electrons. The summed E-state index contributed by atoms with van der Waals surface area (Å²) in [5.74, 6) is -0.246. The maximum absolute atomic E-state index is 12.8. The maximum atomic E-state index is 12.8. The number of rotatable bonds is 3. The first kappa shape index (κ1) is 16.0. The van der Waals surface area contributed by atoms with Gasteiger partial charge in [0.15, 0.2) is 0 Å². The van der Waals surface area contributed by atoms with Crippen LogP contribution in [0.1, 0.15) is 28.8 Å². The highest BCUT2D eigenvalue weighted by Crippen LogP contribution is 2.32. The zero-order valence-electron chi connectivity index (χ0n) is 12.5. The van der Waals surface area contributed by atoms with E-state index in [1.165, 1.54) is 25.3 Å². The molecule has 0 amide bonds. The van der Waals surface area contributed by atoms with E-state index in [0.717, 1.165) is 0 Å². The van der Waals surface area contributed by atoms with Gasteiger partial charge in [0, 0.05) is 19.1 Å². The van der Waals surface area contributed by atoms with Crippen molar-refractivity contribution in [3.05, 3.63) is 17.1 Å².